The number of benzene rings is 2. The molecule has 0 saturated carbocycles. The molecule has 3 rings (SSSR count). The second kappa shape index (κ2) is 11.3. The predicted octanol–water partition coefficient (Wildman–Crippen LogP) is 5.71. The number of unbranched alkanes of at least 4 members (excludes halogenated alkanes) is 2. The van der Waals surface area contributed by atoms with Gasteiger partial charge in [-0.3, -0.25) is 9.59 Å². The fraction of sp³-hybridized carbons (Fsp3) is 0.391. The molecule has 1 aliphatic rings. The van der Waals surface area contributed by atoms with Crippen molar-refractivity contribution in [1.29, 1.82) is 0 Å². The number of carbonyl (C=O) groups excluding carboxylic acids is 2. The minimum absolute atomic E-state index is 0.0441. The van der Waals surface area contributed by atoms with E-state index in [9.17, 15) is 9.59 Å². The Morgan fingerprint density at radius 3 is 2.77 bits per heavy atom. The minimum atomic E-state index is -0.133. The molecule has 0 aliphatic carbocycles. The number of anilines is 2. The average molecular weight is 465 g/mol. The van der Waals surface area contributed by atoms with Crippen molar-refractivity contribution in [2.45, 2.75) is 39.0 Å². The maximum absolute atomic E-state index is 12.3. The van der Waals surface area contributed by atoms with E-state index in [1.807, 2.05) is 0 Å². The molecule has 2 aromatic carbocycles. The number of rotatable bonds is 10. The second-order valence-electron chi connectivity index (χ2n) is 7.30. The molecule has 0 fully saturated rings. The van der Waals surface area contributed by atoms with Gasteiger partial charge in [0.05, 0.1) is 17.3 Å². The van der Waals surface area contributed by atoms with E-state index in [-0.39, 0.29) is 24.8 Å². The van der Waals surface area contributed by atoms with Crippen LogP contribution in [0.5, 0.6) is 11.5 Å². The molecule has 2 aromatic rings. The summed E-state index contributed by atoms with van der Waals surface area (Å²) in [5.74, 6) is 0.993. The van der Waals surface area contributed by atoms with Crippen LogP contribution < -0.4 is 19.7 Å². The van der Waals surface area contributed by atoms with Gasteiger partial charge in [-0.25, -0.2) is 0 Å². The van der Waals surface area contributed by atoms with Gasteiger partial charge in [0.25, 0.3) is 5.91 Å². The molecule has 166 valence electrons. The van der Waals surface area contributed by atoms with E-state index in [0.29, 0.717) is 52.5 Å². The smallest absolute Gasteiger partial charge is 0.265 e. The molecule has 2 amide bonds. The zero-order chi connectivity index (χ0) is 22.2. The zero-order valence-corrected chi connectivity index (χ0v) is 19.0. The number of hydrogen-bond donors (Lipinski definition) is 1. The second-order valence-corrected chi connectivity index (χ2v) is 8.14. The van der Waals surface area contributed by atoms with Gasteiger partial charge in [0.15, 0.2) is 6.61 Å². The fourth-order valence-corrected chi connectivity index (χ4v) is 3.74. The predicted molar refractivity (Wildman–Crippen MR) is 124 cm³/mol. The van der Waals surface area contributed by atoms with Crippen LogP contribution in [0.4, 0.5) is 11.4 Å². The Hall–Kier alpha value is -2.44. The van der Waals surface area contributed by atoms with Crippen molar-refractivity contribution in [2.24, 2.45) is 0 Å². The Morgan fingerprint density at radius 1 is 1.16 bits per heavy atom. The monoisotopic (exact) mass is 464 g/mol. The van der Waals surface area contributed by atoms with Crippen LogP contribution in [0.3, 0.4) is 0 Å². The van der Waals surface area contributed by atoms with Gasteiger partial charge in [-0.1, -0.05) is 43.0 Å². The third kappa shape index (κ3) is 6.52. The van der Waals surface area contributed by atoms with Crippen molar-refractivity contribution in [3.05, 3.63) is 46.4 Å². The van der Waals surface area contributed by atoms with Gasteiger partial charge in [-0.15, -0.1) is 0 Å². The van der Waals surface area contributed by atoms with Crippen molar-refractivity contribution in [3.63, 3.8) is 0 Å². The van der Waals surface area contributed by atoms with E-state index in [2.05, 4.69) is 12.2 Å². The summed E-state index contributed by atoms with van der Waals surface area (Å²) in [4.78, 5) is 26.4. The Labute approximate surface area is 192 Å². The molecule has 0 atom stereocenters. The van der Waals surface area contributed by atoms with Crippen molar-refractivity contribution in [1.82, 2.24) is 0 Å². The molecule has 6 nitrogen and oxygen atoms in total. The van der Waals surface area contributed by atoms with Gasteiger partial charge in [-0.2, -0.15) is 0 Å². The molecule has 0 bridgehead atoms. The summed E-state index contributed by atoms with van der Waals surface area (Å²) in [6.07, 6.45) is 3.88. The maximum atomic E-state index is 12.3. The minimum Gasteiger partial charge on any atom is -0.492 e. The molecule has 31 heavy (non-hydrogen) atoms. The highest BCUT2D eigenvalue weighted by molar-refractivity contribution is 6.35. The average Bonchev–Trinajstić information content (AvgIpc) is 2.74. The number of halogens is 2. The first kappa shape index (κ1) is 23.2. The topological polar surface area (TPSA) is 67.9 Å². The molecular weight excluding hydrogens is 439 g/mol. The van der Waals surface area contributed by atoms with Gasteiger partial charge < -0.3 is 19.7 Å². The van der Waals surface area contributed by atoms with Crippen LogP contribution in [-0.4, -0.2) is 31.6 Å². The first-order valence-corrected chi connectivity index (χ1v) is 11.2. The van der Waals surface area contributed by atoms with Gasteiger partial charge in [-0.05, 0) is 49.2 Å². The van der Waals surface area contributed by atoms with Gasteiger partial charge in [0.1, 0.15) is 11.5 Å². The standard InChI is InChI=1S/C23H26Cl2N2O4/c1-2-3-4-11-27-19-14-17(8-10-21(19)31-15-23(27)29)26-22(28)6-5-12-30-20-9-7-16(24)13-18(20)25/h7-10,13-14H,2-6,11-12,15H2,1H3,(H,26,28). The highest BCUT2D eigenvalue weighted by atomic mass is 35.5. The summed E-state index contributed by atoms with van der Waals surface area (Å²) in [7, 11) is 0. The van der Waals surface area contributed by atoms with Crippen LogP contribution in [0, 0.1) is 0 Å². The molecule has 1 heterocycles. The van der Waals surface area contributed by atoms with Crippen molar-refractivity contribution < 1.29 is 19.1 Å². The number of amides is 2. The number of hydrogen-bond acceptors (Lipinski definition) is 4. The summed E-state index contributed by atoms with van der Waals surface area (Å²) in [6.45, 7) is 3.16. The fourth-order valence-electron chi connectivity index (χ4n) is 3.28. The van der Waals surface area contributed by atoms with Gasteiger partial charge >= 0.3 is 0 Å². The van der Waals surface area contributed by atoms with E-state index < -0.39 is 0 Å². The van der Waals surface area contributed by atoms with Crippen LogP contribution in [-0.2, 0) is 9.59 Å². The van der Waals surface area contributed by atoms with Crippen LogP contribution in [0.15, 0.2) is 36.4 Å². The summed E-state index contributed by atoms with van der Waals surface area (Å²) < 4.78 is 11.1. The third-order valence-electron chi connectivity index (χ3n) is 4.87. The van der Waals surface area contributed by atoms with Crippen LogP contribution in [0.25, 0.3) is 0 Å². The van der Waals surface area contributed by atoms with Gasteiger partial charge in [0, 0.05) is 23.7 Å². The lowest BCUT2D eigenvalue weighted by atomic mass is 10.1. The number of carbonyl (C=O) groups is 2. The molecule has 0 unspecified atom stereocenters. The molecular formula is C23H26Cl2N2O4. The van der Waals surface area contributed by atoms with E-state index >= 15 is 0 Å². The maximum Gasteiger partial charge on any atom is 0.265 e. The van der Waals surface area contributed by atoms with Crippen LogP contribution in [0.1, 0.15) is 39.0 Å². The Morgan fingerprint density at radius 2 is 2.00 bits per heavy atom. The van der Waals surface area contributed by atoms with Crippen molar-refractivity contribution in [3.8, 4) is 11.5 Å². The molecule has 0 radical (unpaired) electrons. The van der Waals surface area contributed by atoms with Crippen molar-refractivity contribution >= 4 is 46.4 Å². The number of fused-ring (bicyclic) bond motifs is 1. The Kier molecular flexibility index (Phi) is 8.43. The number of nitrogens with zero attached hydrogens (tertiary/aromatic N) is 1. The Balaban J connectivity index is 1.52. The molecule has 1 N–H and O–H groups in total. The molecule has 8 heteroatoms. The highest BCUT2D eigenvalue weighted by Gasteiger charge is 2.25. The summed E-state index contributed by atoms with van der Waals surface area (Å²) >= 11 is 11.9. The summed E-state index contributed by atoms with van der Waals surface area (Å²) in [5, 5.41) is 3.86. The van der Waals surface area contributed by atoms with E-state index in [4.69, 9.17) is 32.7 Å². The SMILES string of the molecule is CCCCCN1C(=O)COc2ccc(NC(=O)CCCOc3ccc(Cl)cc3Cl)cc21. The lowest BCUT2D eigenvalue weighted by Gasteiger charge is -2.30. The largest absolute Gasteiger partial charge is 0.492 e. The first-order chi connectivity index (χ1) is 15.0. The molecule has 0 aromatic heterocycles. The number of nitrogens with one attached hydrogen (secondary N) is 1. The zero-order valence-electron chi connectivity index (χ0n) is 17.5. The third-order valence-corrected chi connectivity index (χ3v) is 5.40. The lowest BCUT2D eigenvalue weighted by Crippen LogP contribution is -2.39. The van der Waals surface area contributed by atoms with Crippen LogP contribution in [0.2, 0.25) is 10.0 Å². The number of ether oxygens (including phenoxy) is 2. The molecule has 0 saturated heterocycles. The highest BCUT2D eigenvalue weighted by Crippen LogP contribution is 2.35. The van der Waals surface area contributed by atoms with E-state index in [0.717, 1.165) is 19.3 Å². The normalized spacial score (nSPS) is 12.9. The quantitative estimate of drug-likeness (QED) is 0.457. The van der Waals surface area contributed by atoms with Crippen molar-refractivity contribution in [2.75, 3.05) is 30.0 Å². The summed E-state index contributed by atoms with van der Waals surface area (Å²) in [6, 6.07) is 10.4. The Bertz CT molecular complexity index is 936. The van der Waals surface area contributed by atoms with E-state index in [1.165, 1.54) is 0 Å². The molecule has 1 aliphatic heterocycles. The van der Waals surface area contributed by atoms with Gasteiger partial charge in [0.2, 0.25) is 5.91 Å². The van der Waals surface area contributed by atoms with Crippen LogP contribution >= 0.6 is 23.2 Å². The first-order valence-electron chi connectivity index (χ1n) is 10.4. The molecule has 0 spiro atoms. The lowest BCUT2D eigenvalue weighted by molar-refractivity contribution is -0.121. The van der Waals surface area contributed by atoms with E-state index in [1.54, 1.807) is 41.3 Å². The summed E-state index contributed by atoms with van der Waals surface area (Å²) in [5.41, 5.74) is 1.33.